The molecule has 0 radical (unpaired) electrons. The quantitative estimate of drug-likeness (QED) is 0.654. The maximum absolute atomic E-state index is 13.8. The van der Waals surface area contributed by atoms with Crippen molar-refractivity contribution in [3.8, 4) is 0 Å². The number of carbonyl (C=O) groups excluding carboxylic acids is 3. The van der Waals surface area contributed by atoms with Crippen LogP contribution >= 0.6 is 11.6 Å². The number of anilines is 2. The maximum atomic E-state index is 13.8. The Morgan fingerprint density at radius 1 is 0.973 bits per heavy atom. The van der Waals surface area contributed by atoms with Gasteiger partial charge in [0.2, 0.25) is 5.91 Å². The molecular weight excluding hydrogens is 490 g/mol. The molecule has 0 bridgehead atoms. The summed E-state index contributed by atoms with van der Waals surface area (Å²) in [6.45, 7) is 6.06. The average Bonchev–Trinajstić information content (AvgIpc) is 3.61. The predicted molar refractivity (Wildman–Crippen MR) is 145 cm³/mol. The Balaban J connectivity index is 1.34. The predicted octanol–water partition coefficient (Wildman–Crippen LogP) is 4.12. The number of rotatable bonds is 4. The fraction of sp³-hybridized carbons (Fsp3) is 0.464. The van der Waals surface area contributed by atoms with E-state index in [4.69, 9.17) is 11.6 Å². The van der Waals surface area contributed by atoms with Crippen molar-refractivity contribution in [3.63, 3.8) is 0 Å². The van der Waals surface area contributed by atoms with E-state index in [1.54, 1.807) is 14.7 Å². The number of nitrogens with zero attached hydrogens (tertiary/aromatic N) is 4. The van der Waals surface area contributed by atoms with Gasteiger partial charge in [-0.2, -0.15) is 0 Å². The Hall–Kier alpha value is -3.26. The fourth-order valence-corrected chi connectivity index (χ4v) is 5.75. The van der Waals surface area contributed by atoms with Crippen molar-refractivity contribution >= 4 is 40.8 Å². The first-order valence-corrected chi connectivity index (χ1v) is 13.6. The fourth-order valence-electron chi connectivity index (χ4n) is 5.50. The topological polar surface area (TPSA) is 76.2 Å². The van der Waals surface area contributed by atoms with Crippen LogP contribution in [0.1, 0.15) is 48.5 Å². The molecule has 3 heterocycles. The van der Waals surface area contributed by atoms with Crippen LogP contribution in [0.3, 0.4) is 0 Å². The molecule has 0 saturated carbocycles. The van der Waals surface area contributed by atoms with Gasteiger partial charge in [0.1, 0.15) is 0 Å². The van der Waals surface area contributed by atoms with Crippen molar-refractivity contribution < 1.29 is 14.4 Å². The van der Waals surface area contributed by atoms with Gasteiger partial charge in [-0.1, -0.05) is 29.8 Å². The third-order valence-electron chi connectivity index (χ3n) is 7.61. The molecule has 1 atom stereocenters. The Bertz CT molecular complexity index is 1180. The van der Waals surface area contributed by atoms with Gasteiger partial charge in [0.25, 0.3) is 5.91 Å². The van der Waals surface area contributed by atoms with Crippen LogP contribution in [0.2, 0.25) is 5.02 Å². The molecule has 0 aromatic heterocycles. The number of benzene rings is 2. The van der Waals surface area contributed by atoms with Crippen molar-refractivity contribution in [2.24, 2.45) is 0 Å². The SMILES string of the molecule is C[C@@H]1CN(C(=O)c2ccc(N3CCCC3)cc2Cl)c2ccccc2CN1C(=O)NCC(=O)N1CCCC1. The Morgan fingerprint density at radius 3 is 2.41 bits per heavy atom. The van der Waals surface area contributed by atoms with Gasteiger partial charge in [-0.15, -0.1) is 0 Å². The average molecular weight is 524 g/mol. The van der Waals surface area contributed by atoms with Gasteiger partial charge in [0.15, 0.2) is 0 Å². The number of halogens is 1. The number of nitrogens with one attached hydrogen (secondary N) is 1. The summed E-state index contributed by atoms with van der Waals surface area (Å²) in [5, 5.41) is 3.23. The van der Waals surface area contributed by atoms with Gasteiger partial charge >= 0.3 is 6.03 Å². The molecule has 1 N–H and O–H groups in total. The van der Waals surface area contributed by atoms with E-state index < -0.39 is 0 Å². The first-order valence-electron chi connectivity index (χ1n) is 13.2. The van der Waals surface area contributed by atoms with Crippen molar-refractivity contribution in [2.75, 3.05) is 49.1 Å². The lowest BCUT2D eigenvalue weighted by Crippen LogP contribution is -2.50. The summed E-state index contributed by atoms with van der Waals surface area (Å²) in [5.41, 5.74) is 3.12. The number of urea groups is 1. The van der Waals surface area contributed by atoms with Crippen LogP contribution in [0.4, 0.5) is 16.2 Å². The molecule has 0 spiro atoms. The number of amides is 4. The molecule has 5 rings (SSSR count). The van der Waals surface area contributed by atoms with Crippen molar-refractivity contribution in [2.45, 2.75) is 45.2 Å². The van der Waals surface area contributed by atoms with E-state index in [0.717, 1.165) is 68.8 Å². The molecule has 0 aliphatic carbocycles. The van der Waals surface area contributed by atoms with E-state index in [0.29, 0.717) is 23.7 Å². The molecule has 4 amide bonds. The summed E-state index contributed by atoms with van der Waals surface area (Å²) < 4.78 is 0. The standard InChI is InChI=1S/C28H34ClN5O3/c1-20-18-34(27(36)23-11-10-22(16-24(23)29)31-12-4-5-13-31)25-9-3-2-8-21(25)19-33(20)28(37)30-17-26(35)32-14-6-7-15-32/h2-3,8-11,16,20H,4-7,12-15,17-19H2,1H3,(H,30,37)/t20-/m1/s1. The lowest BCUT2D eigenvalue weighted by atomic mass is 10.1. The van der Waals surface area contributed by atoms with Crippen molar-refractivity contribution in [1.29, 1.82) is 0 Å². The molecule has 9 heteroatoms. The summed E-state index contributed by atoms with van der Waals surface area (Å²) in [7, 11) is 0. The molecule has 2 saturated heterocycles. The molecule has 8 nitrogen and oxygen atoms in total. The van der Waals surface area contributed by atoms with Crippen LogP contribution in [0.15, 0.2) is 42.5 Å². The maximum Gasteiger partial charge on any atom is 0.318 e. The molecule has 2 aromatic carbocycles. The Kier molecular flexibility index (Phi) is 7.55. The van der Waals surface area contributed by atoms with Gasteiger partial charge in [0, 0.05) is 56.7 Å². The summed E-state index contributed by atoms with van der Waals surface area (Å²) in [4.78, 5) is 46.9. The molecular formula is C28H34ClN5O3. The zero-order chi connectivity index (χ0) is 25.9. The summed E-state index contributed by atoms with van der Waals surface area (Å²) in [6, 6.07) is 12.7. The molecule has 196 valence electrons. The smallest absolute Gasteiger partial charge is 0.318 e. The van der Waals surface area contributed by atoms with Crippen molar-refractivity contribution in [3.05, 3.63) is 58.6 Å². The normalized spacial score (nSPS) is 19.6. The van der Waals surface area contributed by atoms with Crippen molar-refractivity contribution in [1.82, 2.24) is 15.1 Å². The van der Waals surface area contributed by atoms with E-state index in [-0.39, 0.29) is 30.4 Å². The molecule has 3 aliphatic rings. The number of carbonyl (C=O) groups is 3. The number of hydrogen-bond acceptors (Lipinski definition) is 4. The lowest BCUT2D eigenvalue weighted by molar-refractivity contribution is -0.129. The monoisotopic (exact) mass is 523 g/mol. The van der Waals surface area contributed by atoms with E-state index >= 15 is 0 Å². The second-order valence-electron chi connectivity index (χ2n) is 10.1. The third-order valence-corrected chi connectivity index (χ3v) is 7.92. The van der Waals surface area contributed by atoms with Crippen LogP contribution in [-0.2, 0) is 11.3 Å². The minimum atomic E-state index is -0.308. The minimum Gasteiger partial charge on any atom is -0.371 e. The highest BCUT2D eigenvalue weighted by atomic mass is 35.5. The molecule has 0 unspecified atom stereocenters. The number of hydrogen-bond donors (Lipinski definition) is 1. The molecule has 37 heavy (non-hydrogen) atoms. The molecule has 2 aromatic rings. The van der Waals surface area contributed by atoms with Crippen LogP contribution < -0.4 is 15.1 Å². The van der Waals surface area contributed by atoms with E-state index in [9.17, 15) is 14.4 Å². The van der Waals surface area contributed by atoms with E-state index in [1.807, 2.05) is 49.4 Å². The number of fused-ring (bicyclic) bond motifs is 1. The molecule has 2 fully saturated rings. The Morgan fingerprint density at radius 2 is 1.68 bits per heavy atom. The van der Waals surface area contributed by atoms with E-state index in [2.05, 4.69) is 10.2 Å². The minimum absolute atomic E-state index is 0.0225. The van der Waals surface area contributed by atoms with Gasteiger partial charge in [-0.25, -0.2) is 4.79 Å². The summed E-state index contributed by atoms with van der Waals surface area (Å²) >= 11 is 6.65. The van der Waals surface area contributed by atoms with Crippen LogP contribution in [0.25, 0.3) is 0 Å². The number of likely N-dealkylation sites (tertiary alicyclic amines) is 1. The van der Waals surface area contributed by atoms with Gasteiger partial charge in [0.05, 0.1) is 17.1 Å². The highest BCUT2D eigenvalue weighted by Crippen LogP contribution is 2.32. The van der Waals surface area contributed by atoms with Gasteiger partial charge < -0.3 is 24.9 Å². The zero-order valence-electron chi connectivity index (χ0n) is 21.3. The highest BCUT2D eigenvalue weighted by molar-refractivity contribution is 6.35. The van der Waals surface area contributed by atoms with Crippen LogP contribution in [0, 0.1) is 0 Å². The second-order valence-corrected chi connectivity index (χ2v) is 10.5. The summed E-state index contributed by atoms with van der Waals surface area (Å²) in [5.74, 6) is -0.249. The second kappa shape index (κ2) is 11.0. The lowest BCUT2D eigenvalue weighted by Gasteiger charge is -2.30. The van der Waals surface area contributed by atoms with Gasteiger partial charge in [-0.3, -0.25) is 9.59 Å². The van der Waals surface area contributed by atoms with Crippen LogP contribution in [0.5, 0.6) is 0 Å². The zero-order valence-corrected chi connectivity index (χ0v) is 22.0. The largest absolute Gasteiger partial charge is 0.371 e. The summed E-state index contributed by atoms with van der Waals surface area (Å²) in [6.07, 6.45) is 4.34. The Labute approximate surface area is 223 Å². The third kappa shape index (κ3) is 5.39. The van der Waals surface area contributed by atoms with E-state index in [1.165, 1.54) is 0 Å². The first-order chi connectivity index (χ1) is 17.9. The number of para-hydroxylation sites is 1. The first kappa shape index (κ1) is 25.4. The molecule has 3 aliphatic heterocycles. The van der Waals surface area contributed by atoms with Crippen LogP contribution in [-0.4, -0.2) is 73.0 Å². The van der Waals surface area contributed by atoms with Gasteiger partial charge in [-0.05, 0) is 62.4 Å². The highest BCUT2D eigenvalue weighted by Gasteiger charge is 2.32.